The minimum atomic E-state index is -0.831. The summed E-state index contributed by atoms with van der Waals surface area (Å²) in [5.41, 5.74) is 5.28. The molecule has 1 aliphatic heterocycles. The molecule has 5 nitrogen and oxygen atoms in total. The van der Waals surface area contributed by atoms with Crippen molar-refractivity contribution in [1.29, 1.82) is 0 Å². The standard InChI is InChI=1S/C15H21ClN2O3.ClH/c1-11(21-13-5-3-2-4-12(13)16)10-18-14(19)15(17)6-8-20-9-7-15;/h2-5,11H,6-10,17H2,1H3,(H,18,19);1H. The van der Waals surface area contributed by atoms with Crippen LogP contribution in [0.25, 0.3) is 0 Å². The third-order valence-corrected chi connectivity index (χ3v) is 3.86. The van der Waals surface area contributed by atoms with E-state index in [1.54, 1.807) is 12.1 Å². The molecule has 2 rings (SSSR count). The van der Waals surface area contributed by atoms with E-state index in [0.29, 0.717) is 43.4 Å². The molecule has 1 aliphatic rings. The van der Waals surface area contributed by atoms with E-state index in [2.05, 4.69) is 5.32 Å². The highest BCUT2D eigenvalue weighted by Gasteiger charge is 2.35. The number of amides is 1. The molecule has 1 amide bonds. The summed E-state index contributed by atoms with van der Waals surface area (Å²) in [6.45, 7) is 3.30. The normalized spacial score (nSPS) is 18.0. The van der Waals surface area contributed by atoms with Crippen LogP contribution in [-0.4, -0.2) is 37.3 Å². The van der Waals surface area contributed by atoms with E-state index in [1.165, 1.54) is 0 Å². The van der Waals surface area contributed by atoms with Gasteiger partial charge in [0.2, 0.25) is 5.91 Å². The number of benzene rings is 1. The lowest BCUT2D eigenvalue weighted by Crippen LogP contribution is -2.57. The van der Waals surface area contributed by atoms with Gasteiger partial charge in [-0.05, 0) is 31.9 Å². The van der Waals surface area contributed by atoms with Gasteiger partial charge in [0.1, 0.15) is 11.9 Å². The van der Waals surface area contributed by atoms with Gasteiger partial charge >= 0.3 is 0 Å². The second-order valence-electron chi connectivity index (χ2n) is 5.34. The Morgan fingerprint density at radius 3 is 2.73 bits per heavy atom. The molecule has 3 N–H and O–H groups in total. The Kier molecular flexibility index (Phi) is 7.42. The molecule has 1 atom stereocenters. The van der Waals surface area contributed by atoms with Gasteiger partial charge in [0, 0.05) is 13.2 Å². The molecule has 0 aliphatic carbocycles. The summed E-state index contributed by atoms with van der Waals surface area (Å²) in [5.74, 6) is 0.454. The maximum Gasteiger partial charge on any atom is 0.240 e. The molecule has 0 saturated carbocycles. The van der Waals surface area contributed by atoms with Gasteiger partial charge in [-0.3, -0.25) is 4.79 Å². The zero-order valence-electron chi connectivity index (χ0n) is 12.5. The quantitative estimate of drug-likeness (QED) is 0.854. The number of ether oxygens (including phenoxy) is 2. The van der Waals surface area contributed by atoms with Gasteiger partial charge in [-0.2, -0.15) is 0 Å². The molecule has 1 aromatic rings. The average Bonchev–Trinajstić information content (AvgIpc) is 2.48. The van der Waals surface area contributed by atoms with Crippen LogP contribution in [0, 0.1) is 0 Å². The van der Waals surface area contributed by atoms with Gasteiger partial charge in [-0.25, -0.2) is 0 Å². The topological polar surface area (TPSA) is 73.6 Å². The zero-order chi connectivity index (χ0) is 15.3. The largest absolute Gasteiger partial charge is 0.487 e. The van der Waals surface area contributed by atoms with Gasteiger partial charge in [0.25, 0.3) is 0 Å². The van der Waals surface area contributed by atoms with Crippen LogP contribution in [0.4, 0.5) is 0 Å². The van der Waals surface area contributed by atoms with E-state index in [1.807, 2.05) is 19.1 Å². The molecule has 0 spiro atoms. The average molecular weight is 349 g/mol. The Balaban J connectivity index is 0.00000242. The van der Waals surface area contributed by atoms with Gasteiger partial charge in [-0.1, -0.05) is 23.7 Å². The lowest BCUT2D eigenvalue weighted by atomic mass is 9.90. The van der Waals surface area contributed by atoms with Crippen LogP contribution in [0.2, 0.25) is 5.02 Å². The van der Waals surface area contributed by atoms with Crippen LogP contribution in [0.5, 0.6) is 5.75 Å². The number of halogens is 2. The molecule has 1 unspecified atom stereocenters. The van der Waals surface area contributed by atoms with Crippen molar-refractivity contribution in [3.63, 3.8) is 0 Å². The minimum absolute atomic E-state index is 0. The zero-order valence-corrected chi connectivity index (χ0v) is 14.1. The molecule has 1 aromatic carbocycles. The second kappa shape index (κ2) is 8.58. The molecular weight excluding hydrogens is 327 g/mol. The van der Waals surface area contributed by atoms with E-state index in [9.17, 15) is 4.79 Å². The van der Waals surface area contributed by atoms with Crippen LogP contribution in [0.15, 0.2) is 24.3 Å². The summed E-state index contributed by atoms with van der Waals surface area (Å²) in [6, 6.07) is 7.25. The number of hydrogen-bond donors (Lipinski definition) is 2. The van der Waals surface area contributed by atoms with Crippen LogP contribution >= 0.6 is 24.0 Å². The number of carbonyl (C=O) groups excluding carboxylic acids is 1. The van der Waals surface area contributed by atoms with Gasteiger partial charge < -0.3 is 20.5 Å². The third kappa shape index (κ3) is 5.02. The Labute approximate surface area is 141 Å². The first-order valence-corrected chi connectivity index (χ1v) is 7.45. The number of nitrogens with one attached hydrogen (secondary N) is 1. The van der Waals surface area contributed by atoms with Crippen molar-refractivity contribution in [3.05, 3.63) is 29.3 Å². The first kappa shape index (κ1) is 19.0. The summed E-state index contributed by atoms with van der Waals surface area (Å²) < 4.78 is 10.9. The van der Waals surface area contributed by atoms with E-state index < -0.39 is 5.54 Å². The molecule has 22 heavy (non-hydrogen) atoms. The van der Waals surface area contributed by atoms with Crippen molar-refractivity contribution >= 4 is 29.9 Å². The van der Waals surface area contributed by atoms with Crippen LogP contribution in [0.1, 0.15) is 19.8 Å². The SMILES string of the molecule is CC(CNC(=O)C1(N)CCOCC1)Oc1ccccc1Cl.Cl. The second-order valence-corrected chi connectivity index (χ2v) is 5.74. The molecule has 0 bridgehead atoms. The maximum atomic E-state index is 12.2. The predicted molar refractivity (Wildman–Crippen MR) is 88.8 cm³/mol. The number of nitrogens with two attached hydrogens (primary N) is 1. The predicted octanol–water partition coefficient (Wildman–Crippen LogP) is 2.15. The number of para-hydroxylation sites is 1. The lowest BCUT2D eigenvalue weighted by Gasteiger charge is -2.32. The molecule has 1 saturated heterocycles. The van der Waals surface area contributed by atoms with Crippen LogP contribution < -0.4 is 15.8 Å². The first-order valence-electron chi connectivity index (χ1n) is 7.07. The van der Waals surface area contributed by atoms with Crippen molar-refractivity contribution in [2.75, 3.05) is 19.8 Å². The van der Waals surface area contributed by atoms with Gasteiger partial charge in [0.15, 0.2) is 0 Å². The van der Waals surface area contributed by atoms with Crippen molar-refractivity contribution in [2.45, 2.75) is 31.4 Å². The maximum absolute atomic E-state index is 12.2. The molecular formula is C15H22Cl2N2O3. The highest BCUT2D eigenvalue weighted by molar-refractivity contribution is 6.32. The fourth-order valence-electron chi connectivity index (χ4n) is 2.17. The molecule has 124 valence electrons. The first-order chi connectivity index (χ1) is 10.0. The number of hydrogen-bond acceptors (Lipinski definition) is 4. The number of carbonyl (C=O) groups is 1. The van der Waals surface area contributed by atoms with E-state index in [4.69, 9.17) is 26.8 Å². The van der Waals surface area contributed by atoms with Crippen molar-refractivity contribution < 1.29 is 14.3 Å². The van der Waals surface area contributed by atoms with Crippen molar-refractivity contribution in [3.8, 4) is 5.75 Å². The van der Waals surface area contributed by atoms with Crippen LogP contribution in [-0.2, 0) is 9.53 Å². The highest BCUT2D eigenvalue weighted by atomic mass is 35.5. The Morgan fingerprint density at radius 2 is 2.09 bits per heavy atom. The summed E-state index contributed by atoms with van der Waals surface area (Å²) >= 11 is 6.03. The molecule has 7 heteroatoms. The van der Waals surface area contributed by atoms with E-state index >= 15 is 0 Å². The van der Waals surface area contributed by atoms with Crippen molar-refractivity contribution in [2.24, 2.45) is 5.73 Å². The summed E-state index contributed by atoms with van der Waals surface area (Å²) in [4.78, 5) is 12.2. The Bertz CT molecular complexity index is 493. The summed E-state index contributed by atoms with van der Waals surface area (Å²) in [5, 5.41) is 3.40. The van der Waals surface area contributed by atoms with Gasteiger partial charge in [0.05, 0.1) is 17.1 Å². The summed E-state index contributed by atoms with van der Waals surface area (Å²) in [7, 11) is 0. The monoisotopic (exact) mass is 348 g/mol. The molecule has 0 radical (unpaired) electrons. The molecule has 0 aromatic heterocycles. The molecule has 1 heterocycles. The Hall–Kier alpha value is -1.01. The number of rotatable bonds is 5. The fourth-order valence-corrected chi connectivity index (χ4v) is 2.35. The third-order valence-electron chi connectivity index (χ3n) is 3.55. The molecule has 1 fully saturated rings. The van der Waals surface area contributed by atoms with E-state index in [0.717, 1.165) is 0 Å². The Morgan fingerprint density at radius 1 is 1.45 bits per heavy atom. The lowest BCUT2D eigenvalue weighted by molar-refractivity contribution is -0.130. The fraction of sp³-hybridized carbons (Fsp3) is 0.533. The van der Waals surface area contributed by atoms with Gasteiger partial charge in [-0.15, -0.1) is 12.4 Å². The van der Waals surface area contributed by atoms with Crippen LogP contribution in [0.3, 0.4) is 0 Å². The smallest absolute Gasteiger partial charge is 0.240 e. The van der Waals surface area contributed by atoms with Crippen molar-refractivity contribution in [1.82, 2.24) is 5.32 Å². The summed E-state index contributed by atoms with van der Waals surface area (Å²) in [6.07, 6.45) is 0.884. The highest BCUT2D eigenvalue weighted by Crippen LogP contribution is 2.24. The van der Waals surface area contributed by atoms with E-state index in [-0.39, 0.29) is 24.4 Å². The minimum Gasteiger partial charge on any atom is -0.487 e.